The maximum Gasteiger partial charge on any atom is 0.365 e. The van der Waals surface area contributed by atoms with Crippen molar-refractivity contribution in [3.05, 3.63) is 103 Å². The van der Waals surface area contributed by atoms with E-state index >= 15 is 0 Å². The van der Waals surface area contributed by atoms with Gasteiger partial charge in [0.25, 0.3) is 0 Å². The predicted molar refractivity (Wildman–Crippen MR) is 141 cm³/mol. The van der Waals surface area contributed by atoms with Gasteiger partial charge in [-0.05, 0) is 70.3 Å². The Morgan fingerprint density at radius 3 is 1.97 bits per heavy atom. The van der Waals surface area contributed by atoms with Crippen LogP contribution in [0.2, 0.25) is 0 Å². The first-order chi connectivity index (χ1) is 17.7. The number of fused-ring (bicyclic) bond motifs is 1. The van der Waals surface area contributed by atoms with E-state index in [9.17, 15) is 4.79 Å². The average Bonchev–Trinajstić information content (AvgIpc) is 3.34. The van der Waals surface area contributed by atoms with E-state index in [4.69, 9.17) is 9.57 Å². The minimum Gasteiger partial charge on any atom is -0.494 e. The highest BCUT2D eigenvalue weighted by Gasteiger charge is 2.12. The zero-order chi connectivity index (χ0) is 24.7. The summed E-state index contributed by atoms with van der Waals surface area (Å²) in [6.07, 6.45) is 3.47. The van der Waals surface area contributed by atoms with Crippen molar-refractivity contribution in [3.8, 4) is 28.0 Å². The summed E-state index contributed by atoms with van der Waals surface area (Å²) in [5, 5.41) is 7.90. The third-order valence-corrected chi connectivity index (χ3v) is 6.03. The molecule has 0 aliphatic carbocycles. The summed E-state index contributed by atoms with van der Waals surface area (Å²) in [6, 6.07) is 31.2. The Kier molecular flexibility index (Phi) is 7.03. The molecule has 180 valence electrons. The monoisotopic (exact) mass is 477 g/mol. The second-order valence-corrected chi connectivity index (χ2v) is 8.56. The van der Waals surface area contributed by atoms with E-state index in [1.54, 1.807) is 18.2 Å². The topological polar surface area (TPSA) is 66.2 Å². The number of carbonyl (C=O) groups is 1. The Balaban J connectivity index is 1.22. The molecule has 1 aromatic heterocycles. The molecule has 6 heteroatoms. The summed E-state index contributed by atoms with van der Waals surface area (Å²) < 4.78 is 5.81. The summed E-state index contributed by atoms with van der Waals surface area (Å²) in [5.74, 6) is 0.410. The molecule has 0 aliphatic rings. The molecule has 0 fully saturated rings. The maximum absolute atomic E-state index is 12.6. The van der Waals surface area contributed by atoms with Crippen LogP contribution in [0, 0.1) is 0 Å². The molecule has 4 aromatic carbocycles. The van der Waals surface area contributed by atoms with Crippen molar-refractivity contribution in [2.24, 2.45) is 0 Å². The highest BCUT2D eigenvalue weighted by Crippen LogP contribution is 2.27. The summed E-state index contributed by atoms with van der Waals surface area (Å²) in [4.78, 5) is 19.1. The molecule has 5 aromatic rings. The Morgan fingerprint density at radius 1 is 0.750 bits per heavy atom. The molecule has 0 saturated heterocycles. The van der Waals surface area contributed by atoms with Crippen LogP contribution in [0.25, 0.3) is 33.3 Å². The van der Waals surface area contributed by atoms with Crippen LogP contribution in [0.4, 0.5) is 0 Å². The fourth-order valence-corrected chi connectivity index (χ4v) is 3.99. The van der Waals surface area contributed by atoms with Gasteiger partial charge in [-0.1, -0.05) is 85.3 Å². The number of nitrogens with zero attached hydrogens (tertiary/aromatic N) is 3. The number of aromatic nitrogens is 3. The van der Waals surface area contributed by atoms with Gasteiger partial charge >= 0.3 is 5.97 Å². The molecular formula is C30H27N3O3. The number of rotatable bonds is 9. The van der Waals surface area contributed by atoms with Crippen LogP contribution in [-0.2, 0) is 0 Å². The van der Waals surface area contributed by atoms with Crippen molar-refractivity contribution in [1.82, 2.24) is 15.2 Å². The standard InChI is InChI=1S/C30H27N3O3/c1-2-3-6-21-35-27-19-17-25(18-20-27)23-11-9-22(10-12-23)24-13-15-26(16-14-24)30(34)36-33-29-8-5-4-7-28(29)31-32-33/h4-5,7-20H,2-3,6,21H2,1H3. The lowest BCUT2D eigenvalue weighted by Gasteiger charge is -2.08. The lowest BCUT2D eigenvalue weighted by atomic mass is 9.99. The van der Waals surface area contributed by atoms with Gasteiger partial charge < -0.3 is 9.57 Å². The van der Waals surface area contributed by atoms with Crippen molar-refractivity contribution >= 4 is 17.0 Å². The molecule has 5 rings (SSSR count). The normalized spacial score (nSPS) is 10.9. The van der Waals surface area contributed by atoms with Crippen molar-refractivity contribution in [1.29, 1.82) is 0 Å². The minimum absolute atomic E-state index is 0.437. The number of benzene rings is 4. The van der Waals surface area contributed by atoms with Gasteiger partial charge in [-0.25, -0.2) is 4.79 Å². The van der Waals surface area contributed by atoms with E-state index < -0.39 is 5.97 Å². The van der Waals surface area contributed by atoms with Gasteiger partial charge in [0.1, 0.15) is 16.8 Å². The SMILES string of the molecule is CCCCCOc1ccc(-c2ccc(-c3ccc(C(=O)On4nnc5ccccc54)cc3)cc2)cc1. The van der Waals surface area contributed by atoms with Gasteiger partial charge in [0, 0.05) is 0 Å². The van der Waals surface area contributed by atoms with E-state index in [0.717, 1.165) is 45.9 Å². The third-order valence-electron chi connectivity index (χ3n) is 6.03. The molecule has 6 nitrogen and oxygen atoms in total. The fraction of sp³-hybridized carbons (Fsp3) is 0.167. The molecular weight excluding hydrogens is 450 g/mol. The molecule has 1 heterocycles. The zero-order valence-electron chi connectivity index (χ0n) is 20.1. The molecule has 0 aliphatic heterocycles. The van der Waals surface area contributed by atoms with Crippen molar-refractivity contribution in [2.45, 2.75) is 26.2 Å². The number of ether oxygens (including phenoxy) is 1. The quantitative estimate of drug-likeness (QED) is 0.177. The number of hydrogen-bond acceptors (Lipinski definition) is 5. The van der Waals surface area contributed by atoms with Crippen molar-refractivity contribution in [3.63, 3.8) is 0 Å². The van der Waals surface area contributed by atoms with E-state index in [-0.39, 0.29) is 0 Å². The predicted octanol–water partition coefficient (Wildman–Crippen LogP) is 6.60. The van der Waals surface area contributed by atoms with Gasteiger partial charge in [0.05, 0.1) is 12.2 Å². The lowest BCUT2D eigenvalue weighted by molar-refractivity contribution is 0.0409. The fourth-order valence-electron chi connectivity index (χ4n) is 3.99. The maximum atomic E-state index is 12.6. The van der Waals surface area contributed by atoms with E-state index in [0.29, 0.717) is 16.6 Å². The van der Waals surface area contributed by atoms with Crippen LogP contribution in [0.15, 0.2) is 97.1 Å². The lowest BCUT2D eigenvalue weighted by Crippen LogP contribution is -2.20. The second-order valence-electron chi connectivity index (χ2n) is 8.56. The zero-order valence-corrected chi connectivity index (χ0v) is 20.1. The van der Waals surface area contributed by atoms with Crippen LogP contribution in [-0.4, -0.2) is 27.7 Å². The summed E-state index contributed by atoms with van der Waals surface area (Å²) in [6.45, 7) is 2.95. The third kappa shape index (κ3) is 5.28. The average molecular weight is 478 g/mol. The molecule has 0 amide bonds. The number of unbranched alkanes of at least 4 members (excludes halogenated alkanes) is 2. The summed E-state index contributed by atoms with van der Waals surface area (Å²) >= 11 is 0. The highest BCUT2D eigenvalue weighted by molar-refractivity contribution is 5.90. The van der Waals surface area contributed by atoms with Gasteiger partial charge in [-0.3, -0.25) is 0 Å². The Hall–Kier alpha value is -4.45. The van der Waals surface area contributed by atoms with Gasteiger partial charge in [-0.2, -0.15) is 0 Å². The highest BCUT2D eigenvalue weighted by atomic mass is 16.7. The van der Waals surface area contributed by atoms with Crippen molar-refractivity contribution < 1.29 is 14.4 Å². The molecule has 0 atom stereocenters. The summed E-state index contributed by atoms with van der Waals surface area (Å²) in [5.41, 5.74) is 6.09. The van der Waals surface area contributed by atoms with E-state index in [2.05, 4.69) is 53.6 Å². The van der Waals surface area contributed by atoms with Crippen LogP contribution in [0.5, 0.6) is 5.75 Å². The molecule has 0 saturated carbocycles. The Morgan fingerprint density at radius 2 is 1.33 bits per heavy atom. The van der Waals surface area contributed by atoms with Crippen LogP contribution in [0.1, 0.15) is 36.5 Å². The van der Waals surface area contributed by atoms with Gasteiger partial charge in [0.15, 0.2) is 0 Å². The molecule has 0 spiro atoms. The Bertz CT molecular complexity index is 1440. The molecule has 36 heavy (non-hydrogen) atoms. The van der Waals surface area contributed by atoms with E-state index in [1.807, 2.05) is 42.5 Å². The van der Waals surface area contributed by atoms with Crippen LogP contribution in [0.3, 0.4) is 0 Å². The molecule has 0 bridgehead atoms. The smallest absolute Gasteiger partial charge is 0.365 e. The number of carbonyl (C=O) groups excluding carboxylic acids is 1. The molecule has 0 radical (unpaired) electrons. The second kappa shape index (κ2) is 10.9. The van der Waals surface area contributed by atoms with E-state index in [1.165, 1.54) is 12.8 Å². The van der Waals surface area contributed by atoms with Crippen LogP contribution < -0.4 is 9.57 Å². The largest absolute Gasteiger partial charge is 0.494 e. The Labute approximate surface area is 210 Å². The first-order valence-corrected chi connectivity index (χ1v) is 12.2. The first-order valence-electron chi connectivity index (χ1n) is 12.2. The van der Waals surface area contributed by atoms with Gasteiger partial charge in [-0.15, -0.1) is 5.10 Å². The summed E-state index contributed by atoms with van der Waals surface area (Å²) in [7, 11) is 0. The van der Waals surface area contributed by atoms with Crippen LogP contribution >= 0.6 is 0 Å². The minimum atomic E-state index is -0.495. The number of para-hydroxylation sites is 1. The van der Waals surface area contributed by atoms with Gasteiger partial charge in [0.2, 0.25) is 0 Å². The molecule has 0 N–H and O–H groups in total. The number of hydrogen-bond donors (Lipinski definition) is 0. The molecule has 0 unspecified atom stereocenters. The first kappa shape index (κ1) is 23.3. The van der Waals surface area contributed by atoms with Crippen molar-refractivity contribution in [2.75, 3.05) is 6.61 Å².